The topological polar surface area (TPSA) is 121 Å². The molecule has 0 aliphatic heterocycles. The first-order chi connectivity index (χ1) is 12.6. The van der Waals surface area contributed by atoms with Crippen molar-refractivity contribution in [3.05, 3.63) is 42.1 Å². The Morgan fingerprint density at radius 3 is 2.50 bits per heavy atom. The van der Waals surface area contributed by atoms with E-state index in [9.17, 15) is 0 Å². The van der Waals surface area contributed by atoms with Crippen LogP contribution in [-0.2, 0) is 6.54 Å². The van der Waals surface area contributed by atoms with Crippen LogP contribution in [0.4, 0.5) is 11.9 Å². The third-order valence-corrected chi connectivity index (χ3v) is 4.23. The summed E-state index contributed by atoms with van der Waals surface area (Å²) < 4.78 is 1.96. The van der Waals surface area contributed by atoms with Crippen molar-refractivity contribution in [1.29, 1.82) is 0 Å². The highest BCUT2D eigenvalue weighted by Gasteiger charge is 2.20. The second-order valence-electron chi connectivity index (χ2n) is 5.90. The van der Waals surface area contributed by atoms with E-state index in [0.29, 0.717) is 34.9 Å². The van der Waals surface area contributed by atoms with Crippen LogP contribution in [0.5, 0.6) is 0 Å². The molecule has 3 heterocycles. The van der Waals surface area contributed by atoms with Crippen LogP contribution in [-0.4, -0.2) is 29.5 Å². The molecule has 0 aliphatic rings. The number of fused-ring (bicyclic) bond motifs is 1. The van der Waals surface area contributed by atoms with Crippen LogP contribution >= 0.6 is 0 Å². The molecular formula is C18H18N8. The normalized spacial score (nSPS) is 11.2. The summed E-state index contributed by atoms with van der Waals surface area (Å²) in [4.78, 5) is 21.9. The summed E-state index contributed by atoms with van der Waals surface area (Å²) in [5, 5.41) is 0. The van der Waals surface area contributed by atoms with Crippen LogP contribution in [0.2, 0.25) is 0 Å². The van der Waals surface area contributed by atoms with Gasteiger partial charge in [-0.2, -0.15) is 4.98 Å². The lowest BCUT2D eigenvalue weighted by molar-refractivity contribution is 0.783. The summed E-state index contributed by atoms with van der Waals surface area (Å²) in [6.07, 6.45) is 1.61. The fraction of sp³-hybridized carbons (Fsp3) is 0.167. The predicted molar refractivity (Wildman–Crippen MR) is 101 cm³/mol. The Kier molecular flexibility index (Phi) is 3.72. The van der Waals surface area contributed by atoms with E-state index in [1.807, 2.05) is 42.7 Å². The number of aromatic nitrogens is 6. The van der Waals surface area contributed by atoms with Crippen molar-refractivity contribution in [2.75, 3.05) is 11.5 Å². The number of aryl methyl sites for hydroxylation is 2. The molecule has 26 heavy (non-hydrogen) atoms. The maximum absolute atomic E-state index is 6.00. The maximum Gasteiger partial charge on any atom is 0.222 e. The van der Waals surface area contributed by atoms with Crippen molar-refractivity contribution >= 4 is 23.1 Å². The van der Waals surface area contributed by atoms with Crippen LogP contribution in [0.25, 0.3) is 33.9 Å². The van der Waals surface area contributed by atoms with Gasteiger partial charge in [0.2, 0.25) is 11.9 Å². The van der Waals surface area contributed by atoms with Gasteiger partial charge in [-0.25, -0.2) is 19.9 Å². The SMILES string of the molecule is CCn1c(-c2ccnc(N)n2)nc2c(-c3ccccc3C)nc(N)nc21. The van der Waals surface area contributed by atoms with Crippen molar-refractivity contribution < 1.29 is 0 Å². The second-order valence-corrected chi connectivity index (χ2v) is 5.90. The minimum Gasteiger partial charge on any atom is -0.368 e. The summed E-state index contributed by atoms with van der Waals surface area (Å²) >= 11 is 0. The predicted octanol–water partition coefficient (Wildman–Crippen LogP) is 2.44. The van der Waals surface area contributed by atoms with E-state index in [2.05, 4.69) is 19.9 Å². The van der Waals surface area contributed by atoms with Gasteiger partial charge in [0.05, 0.1) is 0 Å². The molecule has 8 nitrogen and oxygen atoms in total. The average molecular weight is 346 g/mol. The lowest BCUT2D eigenvalue weighted by atomic mass is 10.1. The molecule has 8 heteroatoms. The summed E-state index contributed by atoms with van der Waals surface area (Å²) in [7, 11) is 0. The Labute approximate surface area is 150 Å². The van der Waals surface area contributed by atoms with E-state index in [1.54, 1.807) is 12.3 Å². The Balaban J connectivity index is 2.06. The number of hydrogen-bond donors (Lipinski definition) is 2. The Morgan fingerprint density at radius 1 is 0.962 bits per heavy atom. The number of imidazole rings is 1. The zero-order valence-corrected chi connectivity index (χ0v) is 14.5. The Morgan fingerprint density at radius 2 is 1.77 bits per heavy atom. The molecule has 0 spiro atoms. The molecule has 0 radical (unpaired) electrons. The number of nitrogen functional groups attached to an aromatic ring is 2. The number of nitrogens with zero attached hydrogens (tertiary/aromatic N) is 6. The van der Waals surface area contributed by atoms with E-state index in [1.165, 1.54) is 0 Å². The molecule has 0 saturated carbocycles. The van der Waals surface area contributed by atoms with E-state index in [-0.39, 0.29) is 11.9 Å². The van der Waals surface area contributed by atoms with Crippen molar-refractivity contribution in [3.8, 4) is 22.8 Å². The van der Waals surface area contributed by atoms with Crippen molar-refractivity contribution in [2.24, 2.45) is 0 Å². The number of benzene rings is 1. The zero-order valence-electron chi connectivity index (χ0n) is 14.5. The minimum absolute atomic E-state index is 0.196. The zero-order chi connectivity index (χ0) is 18.3. The largest absolute Gasteiger partial charge is 0.368 e. The lowest BCUT2D eigenvalue weighted by Gasteiger charge is -2.07. The first kappa shape index (κ1) is 15.9. The van der Waals surface area contributed by atoms with Gasteiger partial charge in [-0.05, 0) is 25.5 Å². The second kappa shape index (κ2) is 6.07. The molecule has 0 amide bonds. The molecule has 3 aromatic heterocycles. The third kappa shape index (κ3) is 2.52. The van der Waals surface area contributed by atoms with Gasteiger partial charge in [-0.3, -0.25) is 0 Å². The summed E-state index contributed by atoms with van der Waals surface area (Å²) in [5.74, 6) is 1.06. The quantitative estimate of drug-likeness (QED) is 0.584. The lowest BCUT2D eigenvalue weighted by Crippen LogP contribution is -2.04. The van der Waals surface area contributed by atoms with Gasteiger partial charge in [-0.1, -0.05) is 24.3 Å². The van der Waals surface area contributed by atoms with Gasteiger partial charge in [0.15, 0.2) is 11.5 Å². The van der Waals surface area contributed by atoms with Gasteiger partial charge in [-0.15, -0.1) is 0 Å². The standard InChI is InChI=1S/C18H18N8/c1-3-26-15(12-8-9-21-17(19)22-12)23-14-13(24-18(20)25-16(14)26)11-7-5-4-6-10(11)2/h4-9H,3H2,1-2H3,(H2,19,21,22)(H2,20,24,25). The van der Waals surface area contributed by atoms with Crippen LogP contribution in [0.3, 0.4) is 0 Å². The summed E-state index contributed by atoms with van der Waals surface area (Å²) in [5.41, 5.74) is 16.5. The van der Waals surface area contributed by atoms with Crippen molar-refractivity contribution in [2.45, 2.75) is 20.4 Å². The molecule has 4 rings (SSSR count). The molecule has 0 unspecified atom stereocenters. The first-order valence-corrected chi connectivity index (χ1v) is 8.27. The molecule has 0 bridgehead atoms. The van der Waals surface area contributed by atoms with E-state index in [0.717, 1.165) is 11.1 Å². The molecule has 4 N–H and O–H groups in total. The van der Waals surface area contributed by atoms with Crippen LogP contribution in [0.15, 0.2) is 36.5 Å². The summed E-state index contributed by atoms with van der Waals surface area (Å²) in [6.45, 7) is 4.70. The van der Waals surface area contributed by atoms with Gasteiger partial charge in [0, 0.05) is 18.3 Å². The highest BCUT2D eigenvalue weighted by Crippen LogP contribution is 2.31. The molecule has 0 saturated heterocycles. The van der Waals surface area contributed by atoms with Gasteiger partial charge in [0.1, 0.15) is 16.9 Å². The first-order valence-electron chi connectivity index (χ1n) is 8.27. The van der Waals surface area contributed by atoms with E-state index in [4.69, 9.17) is 16.5 Å². The summed E-state index contributed by atoms with van der Waals surface area (Å²) in [6, 6.07) is 9.76. The smallest absolute Gasteiger partial charge is 0.222 e. The monoisotopic (exact) mass is 346 g/mol. The number of rotatable bonds is 3. The molecule has 130 valence electrons. The molecule has 0 atom stereocenters. The Bertz CT molecular complexity index is 1120. The fourth-order valence-electron chi connectivity index (χ4n) is 3.04. The maximum atomic E-state index is 6.00. The van der Waals surface area contributed by atoms with Gasteiger partial charge >= 0.3 is 0 Å². The van der Waals surface area contributed by atoms with Crippen LogP contribution in [0, 0.1) is 6.92 Å². The van der Waals surface area contributed by atoms with Crippen molar-refractivity contribution in [1.82, 2.24) is 29.5 Å². The minimum atomic E-state index is 0.196. The molecular weight excluding hydrogens is 328 g/mol. The van der Waals surface area contributed by atoms with Gasteiger partial charge < -0.3 is 16.0 Å². The highest BCUT2D eigenvalue weighted by atomic mass is 15.2. The molecule has 1 aromatic carbocycles. The number of nitrogens with two attached hydrogens (primary N) is 2. The molecule has 4 aromatic rings. The molecule has 0 aliphatic carbocycles. The highest BCUT2D eigenvalue weighted by molar-refractivity contribution is 5.91. The number of anilines is 2. The fourth-order valence-corrected chi connectivity index (χ4v) is 3.04. The number of hydrogen-bond acceptors (Lipinski definition) is 7. The van der Waals surface area contributed by atoms with Crippen LogP contribution in [0.1, 0.15) is 12.5 Å². The van der Waals surface area contributed by atoms with E-state index < -0.39 is 0 Å². The van der Waals surface area contributed by atoms with Crippen LogP contribution < -0.4 is 11.5 Å². The van der Waals surface area contributed by atoms with Gasteiger partial charge in [0.25, 0.3) is 0 Å². The average Bonchev–Trinajstić information content (AvgIpc) is 3.00. The Hall–Kier alpha value is -3.55. The molecule has 0 fully saturated rings. The van der Waals surface area contributed by atoms with Crippen molar-refractivity contribution in [3.63, 3.8) is 0 Å². The third-order valence-electron chi connectivity index (χ3n) is 4.23. The van der Waals surface area contributed by atoms with E-state index >= 15 is 0 Å².